The first-order chi connectivity index (χ1) is 16.0. The molecule has 0 aliphatic carbocycles. The second-order valence-electron chi connectivity index (χ2n) is 8.10. The predicted molar refractivity (Wildman–Crippen MR) is 130 cm³/mol. The van der Waals surface area contributed by atoms with Crippen LogP contribution < -0.4 is 14.5 Å². The number of thiazole rings is 1. The molecule has 1 aromatic heterocycles. The topological polar surface area (TPSA) is 66.0 Å². The van der Waals surface area contributed by atoms with Crippen molar-refractivity contribution in [3.05, 3.63) is 69.1 Å². The third-order valence-corrected chi connectivity index (χ3v) is 7.04. The third-order valence-electron chi connectivity index (χ3n) is 5.88. The molecule has 0 unspecified atom stereocenters. The summed E-state index contributed by atoms with van der Waals surface area (Å²) in [5, 5.41) is 3.21. The van der Waals surface area contributed by atoms with Crippen LogP contribution in [0.4, 0.5) is 11.4 Å². The normalized spacial score (nSPS) is 15.9. The van der Waals surface area contributed by atoms with E-state index in [9.17, 15) is 9.59 Å². The maximum atomic E-state index is 13.0. The summed E-state index contributed by atoms with van der Waals surface area (Å²) in [5.74, 6) is 0.490. The van der Waals surface area contributed by atoms with Crippen molar-refractivity contribution < 1.29 is 14.3 Å². The summed E-state index contributed by atoms with van der Waals surface area (Å²) in [6, 6.07) is 13.5. The number of anilines is 2. The van der Waals surface area contributed by atoms with Crippen LogP contribution in [0.15, 0.2) is 47.8 Å². The van der Waals surface area contributed by atoms with E-state index < -0.39 is 0 Å². The van der Waals surface area contributed by atoms with Crippen LogP contribution in [0, 0.1) is 6.92 Å². The number of ether oxygens (including phenoxy) is 1. The van der Waals surface area contributed by atoms with Crippen molar-refractivity contribution in [3.8, 4) is 5.75 Å². The zero-order valence-electron chi connectivity index (χ0n) is 18.2. The average Bonchev–Trinajstić information content (AvgIpc) is 3.29. The van der Waals surface area contributed by atoms with Crippen LogP contribution in [0.2, 0.25) is 5.02 Å². The number of rotatable bonds is 4. The van der Waals surface area contributed by atoms with E-state index in [2.05, 4.69) is 9.88 Å². The second-order valence-corrected chi connectivity index (χ2v) is 9.45. The van der Waals surface area contributed by atoms with Gasteiger partial charge in [0.15, 0.2) is 6.61 Å². The molecular formula is C24H23ClN4O3S. The Labute approximate surface area is 201 Å². The van der Waals surface area contributed by atoms with Gasteiger partial charge in [0.25, 0.3) is 11.8 Å². The molecule has 3 heterocycles. The molecule has 2 aromatic carbocycles. The van der Waals surface area contributed by atoms with Gasteiger partial charge in [-0.15, -0.1) is 11.3 Å². The number of aromatic nitrogens is 1. The van der Waals surface area contributed by atoms with Crippen LogP contribution in [-0.4, -0.2) is 54.5 Å². The minimum Gasteiger partial charge on any atom is -0.482 e. The summed E-state index contributed by atoms with van der Waals surface area (Å²) in [6.07, 6.45) is 0. The Morgan fingerprint density at radius 1 is 1.12 bits per heavy atom. The van der Waals surface area contributed by atoms with Gasteiger partial charge in [-0.25, -0.2) is 4.98 Å². The number of benzene rings is 2. The van der Waals surface area contributed by atoms with Gasteiger partial charge >= 0.3 is 0 Å². The molecule has 0 saturated carbocycles. The number of hydrogen-bond donors (Lipinski definition) is 0. The van der Waals surface area contributed by atoms with Gasteiger partial charge in [-0.1, -0.05) is 29.8 Å². The monoisotopic (exact) mass is 482 g/mol. The molecule has 0 spiro atoms. The molecule has 2 aliphatic rings. The summed E-state index contributed by atoms with van der Waals surface area (Å²) in [4.78, 5) is 35.8. The number of carbonyl (C=O) groups excluding carboxylic acids is 2. The summed E-state index contributed by atoms with van der Waals surface area (Å²) >= 11 is 7.71. The SMILES string of the molecule is Cc1ccc2c(c1)OCC(=O)N2Cc1nc(C(=O)N2CCN(c3ccccc3Cl)CC2)cs1. The molecule has 0 atom stereocenters. The molecule has 1 saturated heterocycles. The number of carbonyl (C=O) groups is 2. The highest BCUT2D eigenvalue weighted by atomic mass is 35.5. The van der Waals surface area contributed by atoms with Crippen LogP contribution in [0.3, 0.4) is 0 Å². The Hall–Kier alpha value is -3.10. The summed E-state index contributed by atoms with van der Waals surface area (Å²) in [6.45, 7) is 4.93. The first kappa shape index (κ1) is 21.7. The van der Waals surface area contributed by atoms with E-state index in [-0.39, 0.29) is 18.4 Å². The molecule has 3 aromatic rings. The number of nitrogens with zero attached hydrogens (tertiary/aromatic N) is 4. The average molecular weight is 483 g/mol. The largest absolute Gasteiger partial charge is 0.482 e. The van der Waals surface area contributed by atoms with E-state index >= 15 is 0 Å². The summed E-state index contributed by atoms with van der Waals surface area (Å²) in [7, 11) is 0. The third kappa shape index (κ3) is 4.41. The van der Waals surface area contributed by atoms with Crippen LogP contribution in [-0.2, 0) is 11.3 Å². The number of fused-ring (bicyclic) bond motifs is 1. The van der Waals surface area contributed by atoms with Crippen LogP contribution >= 0.6 is 22.9 Å². The van der Waals surface area contributed by atoms with Crippen LogP contribution in [0.5, 0.6) is 5.75 Å². The number of amides is 2. The maximum absolute atomic E-state index is 13.0. The highest BCUT2D eigenvalue weighted by Crippen LogP contribution is 2.34. The standard InChI is InChI=1S/C24H23ClN4O3S/c1-16-6-7-20-21(12-16)32-14-23(30)29(20)13-22-26-18(15-33-22)24(31)28-10-8-27(9-11-28)19-5-3-2-4-17(19)25/h2-7,12,15H,8-11,13-14H2,1H3. The lowest BCUT2D eigenvalue weighted by Crippen LogP contribution is -2.49. The van der Waals surface area contributed by atoms with Crippen molar-refractivity contribution in [1.29, 1.82) is 0 Å². The zero-order valence-corrected chi connectivity index (χ0v) is 19.7. The van der Waals surface area contributed by atoms with Crippen LogP contribution in [0.1, 0.15) is 21.1 Å². The Balaban J connectivity index is 1.25. The molecule has 0 bridgehead atoms. The van der Waals surface area contributed by atoms with Gasteiger partial charge in [0.2, 0.25) is 0 Å². The minimum absolute atomic E-state index is 0.00330. The molecule has 0 N–H and O–H groups in total. The van der Waals surface area contributed by atoms with Gasteiger partial charge in [0, 0.05) is 31.6 Å². The number of halogens is 1. The molecule has 9 heteroatoms. The number of aryl methyl sites for hydroxylation is 1. The van der Waals surface area contributed by atoms with Crippen molar-refractivity contribution in [2.45, 2.75) is 13.5 Å². The van der Waals surface area contributed by atoms with E-state index in [4.69, 9.17) is 16.3 Å². The lowest BCUT2D eigenvalue weighted by molar-refractivity contribution is -0.121. The lowest BCUT2D eigenvalue weighted by Gasteiger charge is -2.36. The predicted octanol–water partition coefficient (Wildman–Crippen LogP) is 3.99. The molecule has 170 valence electrons. The Bertz CT molecular complexity index is 1210. The Morgan fingerprint density at radius 2 is 1.91 bits per heavy atom. The van der Waals surface area contributed by atoms with Gasteiger partial charge < -0.3 is 14.5 Å². The first-order valence-electron chi connectivity index (χ1n) is 10.8. The smallest absolute Gasteiger partial charge is 0.273 e. The maximum Gasteiger partial charge on any atom is 0.273 e. The first-order valence-corrected chi connectivity index (χ1v) is 12.0. The van der Waals surface area contributed by atoms with Gasteiger partial charge in [-0.3, -0.25) is 14.5 Å². The summed E-state index contributed by atoms with van der Waals surface area (Å²) in [5.41, 5.74) is 3.22. The molecule has 1 fully saturated rings. The van der Waals surface area contributed by atoms with E-state index in [0.717, 1.165) is 27.0 Å². The number of para-hydroxylation sites is 1. The zero-order chi connectivity index (χ0) is 22.9. The quantitative estimate of drug-likeness (QED) is 0.562. The van der Waals surface area contributed by atoms with E-state index in [0.29, 0.717) is 44.2 Å². The second kappa shape index (κ2) is 9.03. The number of hydrogen-bond acceptors (Lipinski definition) is 6. The fourth-order valence-electron chi connectivity index (χ4n) is 4.12. The summed E-state index contributed by atoms with van der Waals surface area (Å²) < 4.78 is 5.57. The molecule has 2 aliphatic heterocycles. The highest BCUT2D eigenvalue weighted by Gasteiger charge is 2.28. The van der Waals surface area contributed by atoms with Crippen molar-refractivity contribution in [2.75, 3.05) is 42.6 Å². The molecule has 33 heavy (non-hydrogen) atoms. The number of piperazine rings is 1. The van der Waals surface area contributed by atoms with E-state index in [1.165, 1.54) is 11.3 Å². The van der Waals surface area contributed by atoms with Crippen LogP contribution in [0.25, 0.3) is 0 Å². The van der Waals surface area contributed by atoms with Gasteiger partial charge in [0.1, 0.15) is 16.5 Å². The van der Waals surface area contributed by atoms with Crippen molar-refractivity contribution in [2.24, 2.45) is 0 Å². The van der Waals surface area contributed by atoms with E-state index in [1.54, 1.807) is 10.3 Å². The van der Waals surface area contributed by atoms with Gasteiger partial charge in [0.05, 0.1) is 22.9 Å². The molecule has 2 amide bonds. The Kier molecular flexibility index (Phi) is 5.95. The van der Waals surface area contributed by atoms with Gasteiger partial charge in [-0.2, -0.15) is 0 Å². The lowest BCUT2D eigenvalue weighted by atomic mass is 10.1. The van der Waals surface area contributed by atoms with Crippen molar-refractivity contribution in [3.63, 3.8) is 0 Å². The minimum atomic E-state index is -0.120. The van der Waals surface area contributed by atoms with E-state index in [1.807, 2.05) is 54.3 Å². The molecule has 5 rings (SSSR count). The highest BCUT2D eigenvalue weighted by molar-refractivity contribution is 7.09. The molecule has 0 radical (unpaired) electrons. The van der Waals surface area contributed by atoms with Crippen molar-refractivity contribution in [1.82, 2.24) is 9.88 Å². The van der Waals surface area contributed by atoms with Crippen molar-refractivity contribution >= 4 is 46.1 Å². The molecular weight excluding hydrogens is 460 g/mol. The fourth-order valence-corrected chi connectivity index (χ4v) is 5.13. The molecule has 7 nitrogen and oxygen atoms in total. The Morgan fingerprint density at radius 3 is 2.70 bits per heavy atom. The fraction of sp³-hybridized carbons (Fsp3) is 0.292. The van der Waals surface area contributed by atoms with Gasteiger partial charge in [-0.05, 0) is 36.8 Å².